The molecule has 1 N–H and O–H groups in total. The number of non-ortho nitro benzene ring substituents is 1. The number of amides is 1. The van der Waals surface area contributed by atoms with Crippen LogP contribution in [0.4, 0.5) is 11.4 Å². The molecule has 1 saturated heterocycles. The van der Waals surface area contributed by atoms with E-state index in [0.717, 1.165) is 11.1 Å². The first kappa shape index (κ1) is 24.7. The van der Waals surface area contributed by atoms with Crippen LogP contribution < -0.4 is 5.32 Å². The van der Waals surface area contributed by atoms with Crippen LogP contribution in [0, 0.1) is 16.0 Å². The minimum absolute atomic E-state index is 0.143. The number of nitro groups is 1. The highest BCUT2D eigenvalue weighted by atomic mass is 16.6. The first-order chi connectivity index (χ1) is 19.9. The minimum atomic E-state index is -1.43. The molecule has 3 aliphatic heterocycles. The van der Waals surface area contributed by atoms with E-state index in [4.69, 9.17) is 0 Å². The Hall–Kier alpha value is -5.37. The van der Waals surface area contributed by atoms with Crippen LogP contribution in [0.5, 0.6) is 0 Å². The second-order valence-electron chi connectivity index (χ2n) is 10.5. The first-order valence-electron chi connectivity index (χ1n) is 13.3. The second-order valence-corrected chi connectivity index (χ2v) is 10.5. The van der Waals surface area contributed by atoms with Gasteiger partial charge >= 0.3 is 0 Å². The van der Waals surface area contributed by atoms with Crippen molar-refractivity contribution in [1.82, 2.24) is 4.90 Å². The molecule has 0 unspecified atom stereocenters. The van der Waals surface area contributed by atoms with Crippen molar-refractivity contribution in [1.29, 1.82) is 0 Å². The smallest absolute Gasteiger partial charge is 0.269 e. The van der Waals surface area contributed by atoms with E-state index in [1.165, 1.54) is 24.3 Å². The molecule has 3 aliphatic rings. The van der Waals surface area contributed by atoms with Gasteiger partial charge in [-0.1, -0.05) is 72.8 Å². The van der Waals surface area contributed by atoms with Crippen molar-refractivity contribution in [3.63, 3.8) is 0 Å². The zero-order chi connectivity index (χ0) is 28.3. The number of hydrogen-bond acceptors (Lipinski definition) is 6. The fraction of sp³-hybridized carbons (Fsp3) is 0.121. The number of para-hydroxylation sites is 1. The number of nitro benzene ring substituents is 1. The summed E-state index contributed by atoms with van der Waals surface area (Å²) in [7, 11) is 0. The third-order valence-corrected chi connectivity index (χ3v) is 8.54. The van der Waals surface area contributed by atoms with Crippen LogP contribution >= 0.6 is 0 Å². The van der Waals surface area contributed by atoms with Crippen molar-refractivity contribution < 1.29 is 19.3 Å². The van der Waals surface area contributed by atoms with E-state index in [1.807, 2.05) is 59.5 Å². The maximum Gasteiger partial charge on any atom is 0.269 e. The minimum Gasteiger partial charge on any atom is -0.358 e. The van der Waals surface area contributed by atoms with Crippen LogP contribution in [0.25, 0.3) is 6.08 Å². The number of carbonyl (C=O) groups excluding carboxylic acids is 3. The van der Waals surface area contributed by atoms with E-state index in [0.29, 0.717) is 16.8 Å². The molecule has 0 aromatic heterocycles. The Morgan fingerprint density at radius 2 is 1.46 bits per heavy atom. The normalized spacial score (nSPS) is 23.5. The van der Waals surface area contributed by atoms with E-state index in [1.54, 1.807) is 36.5 Å². The predicted molar refractivity (Wildman–Crippen MR) is 152 cm³/mol. The molecule has 200 valence electrons. The molecule has 4 aromatic carbocycles. The summed E-state index contributed by atoms with van der Waals surface area (Å²) in [6.45, 7) is 0. The lowest BCUT2D eigenvalue weighted by Crippen LogP contribution is -2.49. The van der Waals surface area contributed by atoms with Gasteiger partial charge in [0.25, 0.3) is 5.69 Å². The summed E-state index contributed by atoms with van der Waals surface area (Å²) in [5.74, 6) is -2.15. The van der Waals surface area contributed by atoms with E-state index in [2.05, 4.69) is 5.32 Å². The maximum atomic E-state index is 14.6. The molecule has 1 amide bonds. The lowest BCUT2D eigenvalue weighted by atomic mass is 9.62. The molecule has 4 aromatic rings. The number of hydrogen-bond donors (Lipinski definition) is 1. The van der Waals surface area contributed by atoms with Crippen LogP contribution in [0.3, 0.4) is 0 Å². The van der Waals surface area contributed by atoms with Crippen molar-refractivity contribution in [2.24, 2.45) is 5.92 Å². The Kier molecular flexibility index (Phi) is 5.47. The van der Waals surface area contributed by atoms with Gasteiger partial charge in [0.1, 0.15) is 11.5 Å². The number of nitrogens with one attached hydrogen (secondary N) is 1. The zero-order valence-electron chi connectivity index (χ0n) is 21.6. The first-order valence-corrected chi connectivity index (χ1v) is 13.3. The predicted octanol–water partition coefficient (Wildman–Crippen LogP) is 5.58. The van der Waals surface area contributed by atoms with E-state index in [-0.39, 0.29) is 22.9 Å². The molecule has 8 nitrogen and oxygen atoms in total. The third kappa shape index (κ3) is 3.43. The summed E-state index contributed by atoms with van der Waals surface area (Å²) < 4.78 is 0. The monoisotopic (exact) mass is 541 g/mol. The fourth-order valence-corrected chi connectivity index (χ4v) is 6.87. The molecular weight excluding hydrogens is 518 g/mol. The van der Waals surface area contributed by atoms with Crippen LogP contribution in [0.15, 0.2) is 109 Å². The second kappa shape index (κ2) is 9.09. The topological polar surface area (TPSA) is 110 Å². The number of benzene rings is 4. The van der Waals surface area contributed by atoms with Gasteiger partial charge < -0.3 is 10.2 Å². The molecule has 0 saturated carbocycles. The average Bonchev–Trinajstić information content (AvgIpc) is 3.49. The number of rotatable bonds is 5. The number of carbonyl (C=O) groups is 3. The van der Waals surface area contributed by atoms with Crippen LogP contribution in [0.1, 0.15) is 43.4 Å². The zero-order valence-corrected chi connectivity index (χ0v) is 21.6. The molecule has 8 heteroatoms. The highest BCUT2D eigenvalue weighted by molar-refractivity contribution is 6.16. The summed E-state index contributed by atoms with van der Waals surface area (Å²) in [5.41, 5.74) is 2.07. The Labute approximate surface area is 235 Å². The third-order valence-electron chi connectivity index (χ3n) is 8.54. The van der Waals surface area contributed by atoms with Crippen LogP contribution in [-0.4, -0.2) is 33.3 Å². The Balaban J connectivity index is 1.51. The summed E-state index contributed by atoms with van der Waals surface area (Å²) in [6, 6.07) is 27.4. The van der Waals surface area contributed by atoms with Crippen molar-refractivity contribution in [2.75, 3.05) is 5.32 Å². The van der Waals surface area contributed by atoms with Crippen molar-refractivity contribution in [2.45, 2.75) is 17.5 Å². The highest BCUT2D eigenvalue weighted by Gasteiger charge is 2.70. The summed E-state index contributed by atoms with van der Waals surface area (Å²) in [4.78, 5) is 56.1. The number of ketones is 2. The molecule has 41 heavy (non-hydrogen) atoms. The lowest BCUT2D eigenvalue weighted by molar-refractivity contribution is -0.384. The molecule has 1 spiro atoms. The van der Waals surface area contributed by atoms with E-state index in [9.17, 15) is 24.5 Å². The fourth-order valence-electron chi connectivity index (χ4n) is 6.87. The molecule has 0 radical (unpaired) electrons. The van der Waals surface area contributed by atoms with Gasteiger partial charge in [-0.05, 0) is 41.0 Å². The number of anilines is 1. The Morgan fingerprint density at radius 1 is 0.805 bits per heavy atom. The molecule has 7 rings (SSSR count). The van der Waals surface area contributed by atoms with Gasteiger partial charge in [0.15, 0.2) is 11.6 Å². The molecule has 3 heterocycles. The highest BCUT2D eigenvalue weighted by Crippen LogP contribution is 2.62. The Morgan fingerprint density at radius 3 is 2.22 bits per heavy atom. The van der Waals surface area contributed by atoms with Crippen molar-refractivity contribution in [3.05, 3.63) is 147 Å². The van der Waals surface area contributed by atoms with Crippen LogP contribution in [-0.2, 0) is 10.2 Å². The summed E-state index contributed by atoms with van der Waals surface area (Å²) in [5, 5.41) is 14.3. The van der Waals surface area contributed by atoms with Gasteiger partial charge in [-0.15, -0.1) is 0 Å². The SMILES string of the molecule is O=C(c1ccc([N+](=O)[O-])cc1)[C@@H]1[C@H](C(=O)c2ccccc2)[C@]2(C(=O)Nc3ccccc32)[C@H]2c3ccccc3C=CN12. The lowest BCUT2D eigenvalue weighted by Gasteiger charge is -2.38. The standard InChI is InChI=1S/C33H23N3O5/c37-29(21-9-2-1-3-10-21)27-28(30(38)22-14-16-23(17-15-22)36(40)41)35-19-18-20-8-4-5-11-24(20)31(35)33(27)25-12-6-7-13-26(25)34-32(33)39/h1-19,27-28,31H,(H,34,39)/t27-,28+,31-,33+/m1/s1. The summed E-state index contributed by atoms with van der Waals surface area (Å²) >= 11 is 0. The average molecular weight is 542 g/mol. The molecule has 0 aliphatic carbocycles. The largest absolute Gasteiger partial charge is 0.358 e. The maximum absolute atomic E-state index is 14.6. The number of fused-ring (bicyclic) bond motifs is 6. The van der Waals surface area contributed by atoms with Gasteiger partial charge in [-0.3, -0.25) is 24.5 Å². The number of nitrogens with zero attached hydrogens (tertiary/aromatic N) is 2. The number of Topliss-reactive ketones (excluding diaryl/α,β-unsaturated/α-hetero) is 2. The van der Waals surface area contributed by atoms with Gasteiger partial charge in [0.2, 0.25) is 5.91 Å². The molecule has 0 bridgehead atoms. The van der Waals surface area contributed by atoms with Gasteiger partial charge in [-0.25, -0.2) is 0 Å². The van der Waals surface area contributed by atoms with Crippen LogP contribution in [0.2, 0.25) is 0 Å². The molecule has 1 fully saturated rings. The summed E-state index contributed by atoms with van der Waals surface area (Å²) in [6.07, 6.45) is 3.69. The molecular formula is C33H23N3O5. The van der Waals surface area contributed by atoms with Crippen molar-refractivity contribution in [3.8, 4) is 0 Å². The van der Waals surface area contributed by atoms with Gasteiger partial charge in [0.05, 0.1) is 16.9 Å². The van der Waals surface area contributed by atoms with Gasteiger partial charge in [-0.2, -0.15) is 0 Å². The molecule has 4 atom stereocenters. The quantitative estimate of drug-likeness (QED) is 0.201. The van der Waals surface area contributed by atoms with Gasteiger partial charge in [0, 0.05) is 35.1 Å². The Bertz CT molecular complexity index is 1780. The van der Waals surface area contributed by atoms with Crippen molar-refractivity contribution >= 4 is 34.9 Å². The van der Waals surface area contributed by atoms with E-state index >= 15 is 0 Å². The van der Waals surface area contributed by atoms with E-state index < -0.39 is 34.1 Å².